The summed E-state index contributed by atoms with van der Waals surface area (Å²) in [6.07, 6.45) is 2.32. The van der Waals surface area contributed by atoms with Crippen LogP contribution in [0.3, 0.4) is 0 Å². The van der Waals surface area contributed by atoms with Crippen LogP contribution in [0.2, 0.25) is 0 Å². The summed E-state index contributed by atoms with van der Waals surface area (Å²) in [5.41, 5.74) is 0.727. The zero-order valence-electron chi connectivity index (χ0n) is 11.1. The molecule has 1 fully saturated rings. The van der Waals surface area contributed by atoms with Gasteiger partial charge in [0.2, 0.25) is 11.7 Å². The Labute approximate surface area is 124 Å². The van der Waals surface area contributed by atoms with Crippen LogP contribution in [0.5, 0.6) is 0 Å². The number of halogens is 2. The Balaban J connectivity index is 1.89. The normalized spacial score (nSPS) is 22.9. The van der Waals surface area contributed by atoms with Gasteiger partial charge in [-0.2, -0.15) is 4.98 Å². The predicted molar refractivity (Wildman–Crippen MR) is 76.5 cm³/mol. The van der Waals surface area contributed by atoms with Crippen molar-refractivity contribution in [3.05, 3.63) is 34.4 Å². The zero-order valence-corrected chi connectivity index (χ0v) is 12.7. The molecule has 1 aliphatic rings. The molecule has 0 spiro atoms. The molecule has 1 aromatic carbocycles. The topological polar surface area (TPSA) is 51.0 Å². The van der Waals surface area contributed by atoms with Crippen LogP contribution < -0.4 is 5.32 Å². The number of hydrogen-bond acceptors (Lipinski definition) is 4. The number of piperidine rings is 1. The number of nitrogens with zero attached hydrogens (tertiary/aromatic N) is 2. The maximum Gasteiger partial charge on any atom is 0.244 e. The van der Waals surface area contributed by atoms with Gasteiger partial charge in [-0.05, 0) is 59.4 Å². The molecule has 1 N–H and O–H groups in total. The van der Waals surface area contributed by atoms with E-state index in [-0.39, 0.29) is 11.9 Å². The van der Waals surface area contributed by atoms with Gasteiger partial charge in [-0.15, -0.1) is 0 Å². The van der Waals surface area contributed by atoms with Crippen LogP contribution >= 0.6 is 15.9 Å². The molecule has 1 aromatic heterocycles. The average molecular weight is 340 g/mol. The lowest BCUT2D eigenvalue weighted by Gasteiger charge is -2.26. The van der Waals surface area contributed by atoms with E-state index in [4.69, 9.17) is 4.52 Å². The number of benzene rings is 1. The maximum atomic E-state index is 13.1. The third-order valence-electron chi connectivity index (χ3n) is 3.65. The first-order valence-electron chi connectivity index (χ1n) is 6.67. The van der Waals surface area contributed by atoms with E-state index in [0.717, 1.165) is 18.5 Å². The van der Waals surface area contributed by atoms with Crippen molar-refractivity contribution in [1.29, 1.82) is 0 Å². The Morgan fingerprint density at radius 3 is 3.05 bits per heavy atom. The average Bonchev–Trinajstić information content (AvgIpc) is 2.88. The Morgan fingerprint density at radius 1 is 1.45 bits per heavy atom. The van der Waals surface area contributed by atoms with Crippen molar-refractivity contribution in [2.45, 2.75) is 25.8 Å². The molecular formula is C14H15BrFN3O. The van der Waals surface area contributed by atoms with Gasteiger partial charge in [-0.1, -0.05) is 12.1 Å². The second-order valence-corrected chi connectivity index (χ2v) is 5.99. The second-order valence-electron chi connectivity index (χ2n) is 5.13. The number of rotatable bonds is 2. The zero-order chi connectivity index (χ0) is 14.1. The van der Waals surface area contributed by atoms with E-state index < -0.39 is 0 Å². The molecule has 0 radical (unpaired) electrons. The molecule has 20 heavy (non-hydrogen) atoms. The highest BCUT2D eigenvalue weighted by atomic mass is 79.9. The lowest BCUT2D eigenvalue weighted by molar-refractivity contribution is 0.239. The molecule has 2 unspecified atom stereocenters. The van der Waals surface area contributed by atoms with Gasteiger partial charge in [-0.3, -0.25) is 0 Å². The van der Waals surface area contributed by atoms with Crippen molar-refractivity contribution >= 4 is 15.9 Å². The van der Waals surface area contributed by atoms with E-state index in [9.17, 15) is 4.39 Å². The fourth-order valence-electron chi connectivity index (χ4n) is 2.52. The number of nitrogens with one attached hydrogen (secondary N) is 1. The first kappa shape index (κ1) is 13.7. The molecule has 6 heteroatoms. The largest absolute Gasteiger partial charge is 0.337 e. The minimum Gasteiger partial charge on any atom is -0.337 e. The van der Waals surface area contributed by atoms with Crippen molar-refractivity contribution in [3.8, 4) is 11.4 Å². The van der Waals surface area contributed by atoms with Gasteiger partial charge in [0, 0.05) is 10.0 Å². The van der Waals surface area contributed by atoms with Crippen LogP contribution in [0.1, 0.15) is 31.7 Å². The highest BCUT2D eigenvalue weighted by molar-refractivity contribution is 9.10. The Hall–Kier alpha value is -1.27. The Kier molecular flexibility index (Phi) is 3.85. The smallest absolute Gasteiger partial charge is 0.244 e. The molecule has 2 heterocycles. The van der Waals surface area contributed by atoms with E-state index in [1.165, 1.54) is 18.6 Å². The van der Waals surface area contributed by atoms with Gasteiger partial charge in [-0.25, -0.2) is 4.39 Å². The first-order chi connectivity index (χ1) is 9.65. The predicted octanol–water partition coefficient (Wildman–Crippen LogP) is 3.70. The van der Waals surface area contributed by atoms with Gasteiger partial charge in [0.05, 0.1) is 6.04 Å². The molecule has 1 saturated heterocycles. The summed E-state index contributed by atoms with van der Waals surface area (Å²) in [5, 5.41) is 7.41. The van der Waals surface area contributed by atoms with Crippen molar-refractivity contribution in [2.75, 3.05) is 6.54 Å². The molecule has 2 aromatic rings. The van der Waals surface area contributed by atoms with E-state index in [1.807, 2.05) is 0 Å². The Morgan fingerprint density at radius 2 is 2.30 bits per heavy atom. The van der Waals surface area contributed by atoms with Crippen LogP contribution in [0.25, 0.3) is 11.4 Å². The third kappa shape index (κ3) is 2.62. The fraction of sp³-hybridized carbons (Fsp3) is 0.429. The second kappa shape index (κ2) is 5.61. The fourth-order valence-corrected chi connectivity index (χ4v) is 3.05. The lowest BCUT2D eigenvalue weighted by Crippen LogP contribution is -2.33. The summed E-state index contributed by atoms with van der Waals surface area (Å²) in [7, 11) is 0. The highest BCUT2D eigenvalue weighted by Gasteiger charge is 2.27. The number of aromatic nitrogens is 2. The van der Waals surface area contributed by atoms with Crippen molar-refractivity contribution in [1.82, 2.24) is 15.5 Å². The lowest BCUT2D eigenvalue weighted by atomic mass is 9.93. The summed E-state index contributed by atoms with van der Waals surface area (Å²) < 4.78 is 19.1. The third-order valence-corrected chi connectivity index (χ3v) is 4.31. The SMILES string of the molecule is CC1CCCNC1c1nc(-c2ccc(F)cc2Br)no1. The molecule has 4 nitrogen and oxygen atoms in total. The van der Waals surface area contributed by atoms with Crippen LogP contribution in [-0.4, -0.2) is 16.7 Å². The van der Waals surface area contributed by atoms with E-state index in [1.54, 1.807) is 6.07 Å². The van der Waals surface area contributed by atoms with E-state index >= 15 is 0 Å². The summed E-state index contributed by atoms with van der Waals surface area (Å²) in [6, 6.07) is 4.53. The van der Waals surface area contributed by atoms with E-state index in [0.29, 0.717) is 22.1 Å². The summed E-state index contributed by atoms with van der Waals surface area (Å²) in [4.78, 5) is 4.45. The molecule has 2 atom stereocenters. The maximum absolute atomic E-state index is 13.1. The first-order valence-corrected chi connectivity index (χ1v) is 7.47. The summed E-state index contributed by atoms with van der Waals surface area (Å²) in [5.74, 6) is 1.25. The van der Waals surface area contributed by atoms with Crippen molar-refractivity contribution in [3.63, 3.8) is 0 Å². The van der Waals surface area contributed by atoms with Crippen LogP contribution in [-0.2, 0) is 0 Å². The number of hydrogen-bond donors (Lipinski definition) is 1. The summed E-state index contributed by atoms with van der Waals surface area (Å²) in [6.45, 7) is 3.14. The van der Waals surface area contributed by atoms with Crippen molar-refractivity contribution in [2.24, 2.45) is 5.92 Å². The van der Waals surface area contributed by atoms with Crippen LogP contribution in [0.15, 0.2) is 27.2 Å². The van der Waals surface area contributed by atoms with Gasteiger partial charge < -0.3 is 9.84 Å². The molecule has 1 aliphatic heterocycles. The van der Waals surface area contributed by atoms with E-state index in [2.05, 4.69) is 38.3 Å². The molecule has 0 bridgehead atoms. The van der Waals surface area contributed by atoms with Crippen LogP contribution in [0, 0.1) is 11.7 Å². The minimum atomic E-state index is -0.299. The van der Waals surface area contributed by atoms with Gasteiger partial charge >= 0.3 is 0 Å². The quantitative estimate of drug-likeness (QED) is 0.906. The van der Waals surface area contributed by atoms with Crippen LogP contribution in [0.4, 0.5) is 4.39 Å². The van der Waals surface area contributed by atoms with Gasteiger partial charge in [0.15, 0.2) is 0 Å². The van der Waals surface area contributed by atoms with Crippen molar-refractivity contribution < 1.29 is 8.91 Å². The molecular weight excluding hydrogens is 325 g/mol. The molecule has 0 saturated carbocycles. The minimum absolute atomic E-state index is 0.101. The molecule has 3 rings (SSSR count). The monoisotopic (exact) mass is 339 g/mol. The molecule has 0 aliphatic carbocycles. The molecule has 0 amide bonds. The highest BCUT2D eigenvalue weighted by Crippen LogP contribution is 2.31. The summed E-state index contributed by atoms with van der Waals surface area (Å²) >= 11 is 3.32. The molecule has 106 valence electrons. The van der Waals surface area contributed by atoms with Gasteiger partial charge in [0.25, 0.3) is 0 Å². The standard InChI is InChI=1S/C14H15BrFN3O/c1-8-3-2-6-17-12(8)14-18-13(19-20-14)10-5-4-9(16)7-11(10)15/h4-5,7-8,12,17H,2-3,6H2,1H3. The van der Waals surface area contributed by atoms with Gasteiger partial charge in [0.1, 0.15) is 5.82 Å². The Bertz CT molecular complexity index is 616.